The first-order chi connectivity index (χ1) is 9.33. The topological polar surface area (TPSA) is 183 Å². The summed E-state index contributed by atoms with van der Waals surface area (Å²) < 4.78 is 15.2. The summed E-state index contributed by atoms with van der Waals surface area (Å²) in [4.78, 5) is 34.7. The van der Waals surface area contributed by atoms with Crippen molar-refractivity contribution in [3.63, 3.8) is 0 Å². The average Bonchev–Trinajstić information content (AvgIpc) is 2.31. The number of hydrogen-bond acceptors (Lipinski definition) is 8. The third-order valence-corrected chi connectivity index (χ3v) is 2.48. The Bertz CT molecular complexity index is 581. The standard InChI is InChI=1S/C8H14N5O6P/c9-8-12-6(5(3-11-15)7(14)13-8)10-1-2-19-4-20(16,17)18/h3,15H,1-2,4H2,(H2,16,17,18)(H4,9,10,12,13,14)/b11-3+. The Kier molecular flexibility index (Phi) is 5.65. The van der Waals surface area contributed by atoms with Crippen LogP contribution in [0, 0.1) is 0 Å². The van der Waals surface area contributed by atoms with Gasteiger partial charge in [0.25, 0.3) is 5.56 Å². The number of rotatable bonds is 7. The quantitative estimate of drug-likeness (QED) is 0.117. The van der Waals surface area contributed by atoms with E-state index >= 15 is 0 Å². The van der Waals surface area contributed by atoms with Crippen LogP contribution >= 0.6 is 7.60 Å². The smallest absolute Gasteiger partial charge is 0.350 e. The summed E-state index contributed by atoms with van der Waals surface area (Å²) >= 11 is 0. The van der Waals surface area contributed by atoms with Crippen molar-refractivity contribution in [2.75, 3.05) is 30.6 Å². The number of anilines is 2. The van der Waals surface area contributed by atoms with Crippen molar-refractivity contribution in [3.05, 3.63) is 15.9 Å². The van der Waals surface area contributed by atoms with Gasteiger partial charge in [-0.25, -0.2) is 0 Å². The molecule has 11 nitrogen and oxygen atoms in total. The summed E-state index contributed by atoms with van der Waals surface area (Å²) in [7, 11) is -4.21. The highest BCUT2D eigenvalue weighted by molar-refractivity contribution is 7.51. The SMILES string of the molecule is Nc1nc(NCCOCP(=O)(O)O)c(/C=N/O)c(=O)[nH]1. The predicted molar refractivity (Wildman–Crippen MR) is 70.0 cm³/mol. The minimum atomic E-state index is -4.21. The lowest BCUT2D eigenvalue weighted by Gasteiger charge is -2.09. The first kappa shape index (κ1) is 16.1. The number of nitrogens with one attached hydrogen (secondary N) is 2. The molecule has 0 aliphatic heterocycles. The zero-order valence-corrected chi connectivity index (χ0v) is 11.1. The van der Waals surface area contributed by atoms with Crippen LogP contribution in [-0.2, 0) is 9.30 Å². The van der Waals surface area contributed by atoms with Crippen LogP contribution in [0.1, 0.15) is 5.56 Å². The molecule has 1 aromatic rings. The Labute approximate surface area is 112 Å². The van der Waals surface area contributed by atoms with E-state index in [0.717, 1.165) is 6.21 Å². The van der Waals surface area contributed by atoms with Crippen LogP contribution in [-0.4, -0.2) is 50.7 Å². The van der Waals surface area contributed by atoms with Gasteiger partial charge in [-0.2, -0.15) is 4.98 Å². The van der Waals surface area contributed by atoms with Gasteiger partial charge in [0.2, 0.25) is 5.95 Å². The predicted octanol–water partition coefficient (Wildman–Crippen LogP) is -1.28. The zero-order chi connectivity index (χ0) is 15.2. The van der Waals surface area contributed by atoms with Crippen LogP contribution in [0.5, 0.6) is 0 Å². The molecular weight excluding hydrogens is 293 g/mol. The lowest BCUT2D eigenvalue weighted by molar-refractivity contribution is 0.167. The highest BCUT2D eigenvalue weighted by atomic mass is 31.2. The second-order valence-corrected chi connectivity index (χ2v) is 5.17. The van der Waals surface area contributed by atoms with Crippen molar-refractivity contribution in [3.8, 4) is 0 Å². The van der Waals surface area contributed by atoms with E-state index in [1.165, 1.54) is 0 Å². The van der Waals surface area contributed by atoms with Crippen LogP contribution < -0.4 is 16.6 Å². The monoisotopic (exact) mass is 307 g/mol. The van der Waals surface area contributed by atoms with E-state index < -0.39 is 19.5 Å². The zero-order valence-electron chi connectivity index (χ0n) is 10.2. The summed E-state index contributed by atoms with van der Waals surface area (Å²) in [5.74, 6) is -0.0763. The lowest BCUT2D eigenvalue weighted by Crippen LogP contribution is -2.21. The minimum Gasteiger partial charge on any atom is -0.411 e. The van der Waals surface area contributed by atoms with Gasteiger partial charge in [0.05, 0.1) is 12.8 Å². The summed E-state index contributed by atoms with van der Waals surface area (Å²) in [6.07, 6.45) is 0.175. The van der Waals surface area contributed by atoms with E-state index in [1.807, 2.05) is 0 Å². The van der Waals surface area contributed by atoms with E-state index in [1.54, 1.807) is 0 Å². The molecule has 0 aromatic carbocycles. The molecule has 1 heterocycles. The molecule has 20 heavy (non-hydrogen) atoms. The largest absolute Gasteiger partial charge is 0.411 e. The van der Waals surface area contributed by atoms with E-state index in [2.05, 4.69) is 20.4 Å². The third-order valence-electron chi connectivity index (χ3n) is 1.96. The lowest BCUT2D eigenvalue weighted by atomic mass is 10.3. The van der Waals surface area contributed by atoms with Crippen LogP contribution in [0.4, 0.5) is 11.8 Å². The first-order valence-electron chi connectivity index (χ1n) is 5.27. The second kappa shape index (κ2) is 7.01. The van der Waals surface area contributed by atoms with E-state index in [-0.39, 0.29) is 30.5 Å². The van der Waals surface area contributed by atoms with E-state index in [4.69, 9.17) is 25.5 Å². The summed E-state index contributed by atoms with van der Waals surface area (Å²) in [6.45, 7) is 0.0807. The fourth-order valence-electron chi connectivity index (χ4n) is 1.24. The molecule has 0 aliphatic rings. The molecule has 112 valence electrons. The molecule has 0 bridgehead atoms. The fourth-order valence-corrected chi connectivity index (χ4v) is 1.60. The van der Waals surface area contributed by atoms with E-state index in [9.17, 15) is 9.36 Å². The molecular formula is C8H14N5O6P. The molecule has 0 spiro atoms. The molecule has 0 unspecified atom stereocenters. The van der Waals surface area contributed by atoms with Crippen molar-refractivity contribution in [1.82, 2.24) is 9.97 Å². The maximum atomic E-state index is 11.5. The highest BCUT2D eigenvalue weighted by Crippen LogP contribution is 2.33. The molecule has 12 heteroatoms. The Morgan fingerprint density at radius 1 is 1.55 bits per heavy atom. The van der Waals surface area contributed by atoms with Gasteiger partial charge in [-0.15, -0.1) is 0 Å². The van der Waals surface area contributed by atoms with Gasteiger partial charge >= 0.3 is 7.60 Å². The van der Waals surface area contributed by atoms with Gasteiger partial charge < -0.3 is 30.8 Å². The third kappa shape index (κ3) is 5.36. The molecule has 1 rings (SSSR count). The number of nitrogen functional groups attached to an aromatic ring is 1. The Hall–Kier alpha value is -1.94. The van der Waals surface area contributed by atoms with Gasteiger partial charge in [0.1, 0.15) is 17.7 Å². The molecule has 7 N–H and O–H groups in total. The molecule has 1 aromatic heterocycles. The van der Waals surface area contributed by atoms with Gasteiger partial charge in [0.15, 0.2) is 0 Å². The van der Waals surface area contributed by atoms with Gasteiger partial charge in [-0.3, -0.25) is 14.3 Å². The maximum absolute atomic E-state index is 11.5. The average molecular weight is 307 g/mol. The second-order valence-electron chi connectivity index (χ2n) is 3.59. The molecule has 0 aliphatic carbocycles. The number of aromatic nitrogens is 2. The summed E-state index contributed by atoms with van der Waals surface area (Å²) in [6, 6.07) is 0. The summed E-state index contributed by atoms with van der Waals surface area (Å²) in [5.41, 5.74) is 4.72. The first-order valence-corrected chi connectivity index (χ1v) is 7.06. The van der Waals surface area contributed by atoms with Crippen molar-refractivity contribution in [1.29, 1.82) is 0 Å². The van der Waals surface area contributed by atoms with Crippen LogP contribution in [0.3, 0.4) is 0 Å². The molecule has 0 fully saturated rings. The molecule has 0 atom stereocenters. The van der Waals surface area contributed by atoms with Gasteiger partial charge in [-0.05, 0) is 0 Å². The summed E-state index contributed by atoms with van der Waals surface area (Å²) in [5, 5.41) is 13.9. The molecule has 0 saturated carbocycles. The highest BCUT2D eigenvalue weighted by Gasteiger charge is 2.12. The van der Waals surface area contributed by atoms with Crippen molar-refractivity contribution >= 4 is 25.6 Å². The minimum absolute atomic E-state index is 0.0325. The number of aromatic amines is 1. The number of hydrogen-bond donors (Lipinski definition) is 6. The Morgan fingerprint density at radius 3 is 2.85 bits per heavy atom. The number of nitrogens with two attached hydrogens (primary N) is 1. The Morgan fingerprint density at radius 2 is 2.25 bits per heavy atom. The molecule has 0 radical (unpaired) electrons. The van der Waals surface area contributed by atoms with Crippen LogP contribution in [0.2, 0.25) is 0 Å². The van der Waals surface area contributed by atoms with Crippen molar-refractivity contribution < 1.29 is 24.3 Å². The van der Waals surface area contributed by atoms with Crippen LogP contribution in [0.15, 0.2) is 9.95 Å². The Balaban J connectivity index is 2.64. The van der Waals surface area contributed by atoms with Crippen molar-refractivity contribution in [2.45, 2.75) is 0 Å². The van der Waals surface area contributed by atoms with Gasteiger partial charge in [-0.1, -0.05) is 5.16 Å². The number of nitrogens with zero attached hydrogens (tertiary/aromatic N) is 2. The number of ether oxygens (including phenoxy) is 1. The molecule has 0 amide bonds. The van der Waals surface area contributed by atoms with E-state index in [0.29, 0.717) is 0 Å². The maximum Gasteiger partial charge on any atom is 0.350 e. The molecule has 0 saturated heterocycles. The van der Waals surface area contributed by atoms with Crippen LogP contribution in [0.25, 0.3) is 0 Å². The fraction of sp³-hybridized carbons (Fsp3) is 0.375. The number of oxime groups is 1. The van der Waals surface area contributed by atoms with Crippen molar-refractivity contribution in [2.24, 2.45) is 5.16 Å². The van der Waals surface area contributed by atoms with Gasteiger partial charge in [0, 0.05) is 6.54 Å². The normalized spacial score (nSPS) is 11.9. The number of H-pyrrole nitrogens is 1.